The number of nitrogens with one attached hydrogen (secondary N) is 1. The van der Waals surface area contributed by atoms with Gasteiger partial charge in [0.15, 0.2) is 0 Å². The van der Waals surface area contributed by atoms with Gasteiger partial charge in [-0.1, -0.05) is 13.0 Å². The second-order valence-electron chi connectivity index (χ2n) is 3.00. The van der Waals surface area contributed by atoms with Gasteiger partial charge in [0.2, 0.25) is 0 Å². The number of rotatable bonds is 5. The van der Waals surface area contributed by atoms with Gasteiger partial charge < -0.3 is 11.1 Å². The third-order valence-corrected chi connectivity index (χ3v) is 1.98. The van der Waals surface area contributed by atoms with Crippen molar-refractivity contribution in [2.45, 2.75) is 19.8 Å². The lowest BCUT2D eigenvalue weighted by atomic mass is 10.1. The molecule has 0 bridgehead atoms. The SMILES string of the molecule is CCNCCCc1cccnc1N. The second kappa shape index (κ2) is 5.54. The summed E-state index contributed by atoms with van der Waals surface area (Å²) in [5.74, 6) is 0.666. The Morgan fingerprint density at radius 3 is 3.08 bits per heavy atom. The molecule has 0 aromatic carbocycles. The maximum Gasteiger partial charge on any atom is 0.126 e. The standard InChI is InChI=1S/C10H17N3/c1-2-12-7-3-5-9-6-4-8-13-10(9)11/h4,6,8,12H,2-3,5,7H2,1H3,(H2,11,13). The van der Waals surface area contributed by atoms with Crippen LogP contribution >= 0.6 is 0 Å². The summed E-state index contributed by atoms with van der Waals surface area (Å²) in [6.07, 6.45) is 3.85. The zero-order valence-corrected chi connectivity index (χ0v) is 8.09. The van der Waals surface area contributed by atoms with Gasteiger partial charge in [-0.15, -0.1) is 0 Å². The largest absolute Gasteiger partial charge is 0.383 e. The van der Waals surface area contributed by atoms with Gasteiger partial charge in [-0.25, -0.2) is 4.98 Å². The van der Waals surface area contributed by atoms with Gasteiger partial charge in [-0.2, -0.15) is 0 Å². The maximum absolute atomic E-state index is 5.70. The van der Waals surface area contributed by atoms with E-state index in [1.165, 1.54) is 0 Å². The lowest BCUT2D eigenvalue weighted by molar-refractivity contribution is 0.672. The number of hydrogen-bond acceptors (Lipinski definition) is 3. The van der Waals surface area contributed by atoms with Crippen molar-refractivity contribution in [3.8, 4) is 0 Å². The van der Waals surface area contributed by atoms with E-state index in [4.69, 9.17) is 5.73 Å². The van der Waals surface area contributed by atoms with Crippen molar-refractivity contribution in [2.75, 3.05) is 18.8 Å². The minimum Gasteiger partial charge on any atom is -0.383 e. The molecule has 0 amide bonds. The summed E-state index contributed by atoms with van der Waals surface area (Å²) in [6, 6.07) is 3.97. The van der Waals surface area contributed by atoms with Crippen molar-refractivity contribution in [2.24, 2.45) is 0 Å². The molecule has 1 rings (SSSR count). The zero-order valence-electron chi connectivity index (χ0n) is 8.09. The van der Waals surface area contributed by atoms with Crippen LogP contribution in [0.2, 0.25) is 0 Å². The molecule has 0 aliphatic heterocycles. The fourth-order valence-corrected chi connectivity index (χ4v) is 1.24. The Morgan fingerprint density at radius 1 is 1.54 bits per heavy atom. The third kappa shape index (κ3) is 3.42. The average Bonchev–Trinajstić information content (AvgIpc) is 2.15. The summed E-state index contributed by atoms with van der Waals surface area (Å²) >= 11 is 0. The molecule has 0 spiro atoms. The van der Waals surface area contributed by atoms with Gasteiger partial charge in [-0.05, 0) is 37.6 Å². The van der Waals surface area contributed by atoms with Crippen LogP contribution in [0.3, 0.4) is 0 Å². The van der Waals surface area contributed by atoms with Gasteiger partial charge in [0.1, 0.15) is 5.82 Å². The van der Waals surface area contributed by atoms with Gasteiger partial charge >= 0.3 is 0 Å². The van der Waals surface area contributed by atoms with Gasteiger partial charge in [0.25, 0.3) is 0 Å². The lowest BCUT2D eigenvalue weighted by Crippen LogP contribution is -2.14. The molecule has 3 heteroatoms. The van der Waals surface area contributed by atoms with E-state index in [2.05, 4.69) is 17.2 Å². The van der Waals surface area contributed by atoms with Crippen LogP contribution in [0.4, 0.5) is 5.82 Å². The number of nitrogens with zero attached hydrogens (tertiary/aromatic N) is 1. The molecule has 72 valence electrons. The van der Waals surface area contributed by atoms with Crippen LogP contribution in [-0.4, -0.2) is 18.1 Å². The van der Waals surface area contributed by atoms with Crippen LogP contribution < -0.4 is 11.1 Å². The van der Waals surface area contributed by atoms with E-state index in [9.17, 15) is 0 Å². The highest BCUT2D eigenvalue weighted by Gasteiger charge is 1.97. The topological polar surface area (TPSA) is 50.9 Å². The number of hydrogen-bond donors (Lipinski definition) is 2. The minimum atomic E-state index is 0.666. The van der Waals surface area contributed by atoms with E-state index in [1.54, 1.807) is 6.20 Å². The Morgan fingerprint density at radius 2 is 2.38 bits per heavy atom. The first-order chi connectivity index (χ1) is 6.34. The minimum absolute atomic E-state index is 0.666. The fraction of sp³-hybridized carbons (Fsp3) is 0.500. The van der Waals surface area contributed by atoms with Crippen molar-refractivity contribution in [1.82, 2.24) is 10.3 Å². The quantitative estimate of drug-likeness (QED) is 0.668. The molecular weight excluding hydrogens is 162 g/mol. The molecule has 0 unspecified atom stereocenters. The van der Waals surface area contributed by atoms with Crippen molar-refractivity contribution >= 4 is 5.82 Å². The summed E-state index contributed by atoms with van der Waals surface area (Å²) in [5.41, 5.74) is 6.86. The molecule has 0 aliphatic carbocycles. The molecular formula is C10H17N3. The van der Waals surface area contributed by atoms with E-state index in [0.717, 1.165) is 31.5 Å². The zero-order chi connectivity index (χ0) is 9.52. The van der Waals surface area contributed by atoms with E-state index in [0.29, 0.717) is 5.82 Å². The summed E-state index contributed by atoms with van der Waals surface area (Å²) < 4.78 is 0. The Labute approximate surface area is 79.4 Å². The monoisotopic (exact) mass is 179 g/mol. The second-order valence-corrected chi connectivity index (χ2v) is 3.00. The number of nitrogens with two attached hydrogens (primary N) is 1. The molecule has 1 heterocycles. The van der Waals surface area contributed by atoms with Crippen LogP contribution in [0.5, 0.6) is 0 Å². The highest BCUT2D eigenvalue weighted by Crippen LogP contribution is 2.08. The molecule has 0 saturated carbocycles. The molecule has 0 atom stereocenters. The molecule has 0 saturated heterocycles. The summed E-state index contributed by atoms with van der Waals surface area (Å²) in [4.78, 5) is 4.04. The van der Waals surface area contributed by atoms with Gasteiger partial charge in [-0.3, -0.25) is 0 Å². The Kier molecular flexibility index (Phi) is 4.26. The number of aryl methyl sites for hydroxylation is 1. The molecule has 0 fully saturated rings. The van der Waals surface area contributed by atoms with Gasteiger partial charge in [0, 0.05) is 6.20 Å². The van der Waals surface area contributed by atoms with Crippen LogP contribution in [0.25, 0.3) is 0 Å². The predicted molar refractivity (Wildman–Crippen MR) is 55.5 cm³/mol. The molecule has 13 heavy (non-hydrogen) atoms. The first-order valence-corrected chi connectivity index (χ1v) is 4.74. The van der Waals surface area contributed by atoms with E-state index >= 15 is 0 Å². The number of pyridine rings is 1. The molecule has 1 aromatic rings. The van der Waals surface area contributed by atoms with Crippen molar-refractivity contribution < 1.29 is 0 Å². The fourth-order valence-electron chi connectivity index (χ4n) is 1.24. The first kappa shape index (κ1) is 9.99. The first-order valence-electron chi connectivity index (χ1n) is 4.74. The Hall–Kier alpha value is -1.09. The normalized spacial score (nSPS) is 10.2. The highest BCUT2D eigenvalue weighted by atomic mass is 14.8. The predicted octanol–water partition coefficient (Wildman–Crippen LogP) is 1.21. The molecule has 1 aromatic heterocycles. The van der Waals surface area contributed by atoms with Crippen LogP contribution in [-0.2, 0) is 6.42 Å². The van der Waals surface area contributed by atoms with Crippen molar-refractivity contribution in [3.63, 3.8) is 0 Å². The Bertz CT molecular complexity index is 248. The molecule has 0 aliphatic rings. The van der Waals surface area contributed by atoms with Crippen LogP contribution in [0.1, 0.15) is 18.9 Å². The summed E-state index contributed by atoms with van der Waals surface area (Å²) in [6.45, 7) is 4.19. The van der Waals surface area contributed by atoms with Crippen molar-refractivity contribution in [1.29, 1.82) is 0 Å². The number of aromatic nitrogens is 1. The van der Waals surface area contributed by atoms with E-state index < -0.39 is 0 Å². The molecule has 3 nitrogen and oxygen atoms in total. The van der Waals surface area contributed by atoms with Gasteiger partial charge in [0.05, 0.1) is 0 Å². The maximum atomic E-state index is 5.70. The smallest absolute Gasteiger partial charge is 0.126 e. The van der Waals surface area contributed by atoms with E-state index in [-0.39, 0.29) is 0 Å². The van der Waals surface area contributed by atoms with E-state index in [1.807, 2.05) is 12.1 Å². The number of nitrogen functional groups attached to an aromatic ring is 1. The van der Waals surface area contributed by atoms with Crippen LogP contribution in [0, 0.1) is 0 Å². The van der Waals surface area contributed by atoms with Crippen LogP contribution in [0.15, 0.2) is 18.3 Å². The Balaban J connectivity index is 2.32. The van der Waals surface area contributed by atoms with Crippen molar-refractivity contribution in [3.05, 3.63) is 23.9 Å². The summed E-state index contributed by atoms with van der Waals surface area (Å²) in [7, 11) is 0. The molecule has 3 N–H and O–H groups in total. The number of anilines is 1. The third-order valence-electron chi connectivity index (χ3n) is 1.98. The summed E-state index contributed by atoms with van der Waals surface area (Å²) in [5, 5.41) is 3.28. The lowest BCUT2D eigenvalue weighted by Gasteiger charge is -2.04. The highest BCUT2D eigenvalue weighted by molar-refractivity contribution is 5.38. The average molecular weight is 179 g/mol. The molecule has 0 radical (unpaired) electrons.